The first kappa shape index (κ1) is 19.0. The highest BCUT2D eigenvalue weighted by atomic mass is 32.2. The SMILES string of the molecule is COC(=O)c1cccc(C(=O)Nc2nnc(SCc3ccc(F)cc3)s2)c1. The van der Waals surface area contributed by atoms with Crippen LogP contribution in [0.4, 0.5) is 9.52 Å². The third-order valence-electron chi connectivity index (χ3n) is 3.45. The Bertz CT molecular complexity index is 960. The lowest BCUT2D eigenvalue weighted by molar-refractivity contribution is 0.0600. The summed E-state index contributed by atoms with van der Waals surface area (Å²) in [5.41, 5.74) is 1.56. The minimum absolute atomic E-state index is 0.277. The number of carbonyl (C=O) groups excluding carboxylic acids is 2. The zero-order valence-corrected chi connectivity index (χ0v) is 15.8. The Labute approximate surface area is 162 Å². The molecular formula is C18H14FN3O3S2. The number of carbonyl (C=O) groups is 2. The van der Waals surface area contributed by atoms with E-state index in [1.165, 1.54) is 48.4 Å². The maximum absolute atomic E-state index is 12.9. The summed E-state index contributed by atoms with van der Waals surface area (Å²) in [7, 11) is 1.28. The second-order valence-corrected chi connectivity index (χ2v) is 7.51. The van der Waals surface area contributed by atoms with Gasteiger partial charge in [-0.15, -0.1) is 10.2 Å². The Morgan fingerprint density at radius 3 is 2.63 bits per heavy atom. The molecule has 0 aliphatic heterocycles. The third-order valence-corrected chi connectivity index (χ3v) is 5.49. The number of thioether (sulfide) groups is 1. The summed E-state index contributed by atoms with van der Waals surface area (Å²) in [6.07, 6.45) is 0. The molecule has 0 unspecified atom stereocenters. The number of ether oxygens (including phenoxy) is 1. The van der Waals surface area contributed by atoms with Crippen molar-refractivity contribution in [3.63, 3.8) is 0 Å². The van der Waals surface area contributed by atoms with E-state index < -0.39 is 11.9 Å². The molecule has 6 nitrogen and oxygen atoms in total. The van der Waals surface area contributed by atoms with Crippen molar-refractivity contribution in [3.8, 4) is 0 Å². The number of nitrogens with one attached hydrogen (secondary N) is 1. The predicted molar refractivity (Wildman–Crippen MR) is 102 cm³/mol. The molecule has 2 aromatic carbocycles. The highest BCUT2D eigenvalue weighted by Gasteiger charge is 2.13. The van der Waals surface area contributed by atoms with Gasteiger partial charge in [0, 0.05) is 11.3 Å². The van der Waals surface area contributed by atoms with Gasteiger partial charge >= 0.3 is 5.97 Å². The van der Waals surface area contributed by atoms with Crippen LogP contribution in [0.1, 0.15) is 26.3 Å². The molecule has 0 atom stereocenters. The van der Waals surface area contributed by atoms with Crippen molar-refractivity contribution >= 4 is 40.1 Å². The van der Waals surface area contributed by atoms with Crippen molar-refractivity contribution < 1.29 is 18.7 Å². The van der Waals surface area contributed by atoms with E-state index in [0.29, 0.717) is 20.8 Å². The maximum Gasteiger partial charge on any atom is 0.337 e. The first-order chi connectivity index (χ1) is 13.0. The molecule has 0 saturated carbocycles. The van der Waals surface area contributed by atoms with Gasteiger partial charge < -0.3 is 4.74 Å². The Kier molecular flexibility index (Phi) is 6.15. The number of rotatable bonds is 6. The van der Waals surface area contributed by atoms with Crippen molar-refractivity contribution in [2.24, 2.45) is 0 Å². The maximum atomic E-state index is 12.9. The molecule has 0 saturated heterocycles. The predicted octanol–water partition coefficient (Wildman–Crippen LogP) is 4.01. The average Bonchev–Trinajstić information content (AvgIpc) is 3.14. The number of hydrogen-bond donors (Lipinski definition) is 1. The molecule has 0 radical (unpaired) electrons. The molecule has 0 aliphatic rings. The number of amides is 1. The lowest BCUT2D eigenvalue weighted by Gasteiger charge is -2.03. The molecule has 0 bridgehead atoms. The molecule has 0 spiro atoms. The van der Waals surface area contributed by atoms with E-state index in [4.69, 9.17) is 0 Å². The molecule has 0 aliphatic carbocycles. The summed E-state index contributed by atoms with van der Waals surface area (Å²) in [4.78, 5) is 23.9. The summed E-state index contributed by atoms with van der Waals surface area (Å²) in [5, 5.41) is 11.0. The first-order valence-electron chi connectivity index (χ1n) is 7.75. The molecule has 3 rings (SSSR count). The third kappa shape index (κ3) is 5.11. The van der Waals surface area contributed by atoms with E-state index in [-0.39, 0.29) is 11.4 Å². The van der Waals surface area contributed by atoms with Crippen LogP contribution in [0.5, 0.6) is 0 Å². The Balaban J connectivity index is 1.61. The summed E-state index contributed by atoms with van der Waals surface area (Å²) in [6.45, 7) is 0. The minimum Gasteiger partial charge on any atom is -0.465 e. The van der Waals surface area contributed by atoms with Gasteiger partial charge in [0.25, 0.3) is 5.91 Å². The molecular weight excluding hydrogens is 389 g/mol. The van der Waals surface area contributed by atoms with E-state index in [1.807, 2.05) is 0 Å². The smallest absolute Gasteiger partial charge is 0.337 e. The molecule has 1 amide bonds. The van der Waals surface area contributed by atoms with Crippen molar-refractivity contribution in [1.29, 1.82) is 0 Å². The van der Waals surface area contributed by atoms with Crippen LogP contribution in [-0.2, 0) is 10.5 Å². The van der Waals surface area contributed by atoms with Gasteiger partial charge in [-0.05, 0) is 35.9 Å². The zero-order valence-electron chi connectivity index (χ0n) is 14.1. The molecule has 1 heterocycles. The van der Waals surface area contributed by atoms with Crippen LogP contribution < -0.4 is 5.32 Å². The van der Waals surface area contributed by atoms with Crippen molar-refractivity contribution in [3.05, 3.63) is 71.0 Å². The quantitative estimate of drug-likeness (QED) is 0.381. The average molecular weight is 403 g/mol. The van der Waals surface area contributed by atoms with Gasteiger partial charge in [-0.3, -0.25) is 10.1 Å². The van der Waals surface area contributed by atoms with Gasteiger partial charge in [0.15, 0.2) is 4.34 Å². The number of esters is 1. The van der Waals surface area contributed by atoms with Crippen molar-refractivity contribution in [2.45, 2.75) is 10.1 Å². The van der Waals surface area contributed by atoms with Crippen LogP contribution in [0.3, 0.4) is 0 Å². The van der Waals surface area contributed by atoms with E-state index >= 15 is 0 Å². The molecule has 3 aromatic rings. The fourth-order valence-electron chi connectivity index (χ4n) is 2.12. The van der Waals surface area contributed by atoms with Gasteiger partial charge in [0.05, 0.1) is 12.7 Å². The number of anilines is 1. The summed E-state index contributed by atoms with van der Waals surface area (Å²) in [5.74, 6) is -0.572. The number of methoxy groups -OCH3 is 1. The fourth-order valence-corrected chi connectivity index (χ4v) is 3.82. The molecule has 27 heavy (non-hydrogen) atoms. The standard InChI is InChI=1S/C18H14FN3O3S2/c1-25-16(24)13-4-2-3-12(9-13)15(23)20-17-21-22-18(27-17)26-10-11-5-7-14(19)8-6-11/h2-9H,10H2,1H3,(H,20,21,23). The van der Waals surface area contributed by atoms with Crippen LogP contribution >= 0.6 is 23.1 Å². The number of hydrogen-bond acceptors (Lipinski definition) is 7. The van der Waals surface area contributed by atoms with E-state index in [1.54, 1.807) is 30.3 Å². The Morgan fingerprint density at radius 1 is 1.15 bits per heavy atom. The van der Waals surface area contributed by atoms with Crippen LogP contribution in [0, 0.1) is 5.82 Å². The molecule has 0 fully saturated rings. The molecule has 9 heteroatoms. The second kappa shape index (κ2) is 8.74. The van der Waals surface area contributed by atoms with Gasteiger partial charge in [-0.1, -0.05) is 41.3 Å². The van der Waals surface area contributed by atoms with Gasteiger partial charge in [-0.2, -0.15) is 0 Å². The van der Waals surface area contributed by atoms with Crippen LogP contribution in [0.25, 0.3) is 0 Å². The second-order valence-electron chi connectivity index (χ2n) is 5.31. The highest BCUT2D eigenvalue weighted by Crippen LogP contribution is 2.28. The van der Waals surface area contributed by atoms with E-state index in [2.05, 4.69) is 20.3 Å². The number of nitrogens with zero attached hydrogens (tertiary/aromatic N) is 2. The summed E-state index contributed by atoms with van der Waals surface area (Å²) in [6, 6.07) is 12.4. The lowest BCUT2D eigenvalue weighted by Crippen LogP contribution is -2.13. The van der Waals surface area contributed by atoms with E-state index in [9.17, 15) is 14.0 Å². The largest absolute Gasteiger partial charge is 0.465 e. The number of aromatic nitrogens is 2. The van der Waals surface area contributed by atoms with Gasteiger partial charge in [-0.25, -0.2) is 9.18 Å². The van der Waals surface area contributed by atoms with Gasteiger partial charge in [0.1, 0.15) is 5.82 Å². The summed E-state index contributed by atoms with van der Waals surface area (Å²) < 4.78 is 18.2. The highest BCUT2D eigenvalue weighted by molar-refractivity contribution is 8.00. The molecule has 1 aromatic heterocycles. The van der Waals surface area contributed by atoms with Crippen molar-refractivity contribution in [1.82, 2.24) is 10.2 Å². The Hall–Kier alpha value is -2.78. The van der Waals surface area contributed by atoms with Crippen LogP contribution in [0.2, 0.25) is 0 Å². The first-order valence-corrected chi connectivity index (χ1v) is 9.56. The lowest BCUT2D eigenvalue weighted by atomic mass is 10.1. The monoisotopic (exact) mass is 403 g/mol. The Morgan fingerprint density at radius 2 is 1.89 bits per heavy atom. The number of halogens is 1. The zero-order chi connectivity index (χ0) is 19.2. The number of benzene rings is 2. The summed E-state index contributed by atoms with van der Waals surface area (Å²) >= 11 is 2.68. The van der Waals surface area contributed by atoms with Crippen molar-refractivity contribution in [2.75, 3.05) is 12.4 Å². The van der Waals surface area contributed by atoms with Crippen LogP contribution in [-0.4, -0.2) is 29.2 Å². The molecule has 138 valence electrons. The fraction of sp³-hybridized carbons (Fsp3) is 0.111. The van der Waals surface area contributed by atoms with Gasteiger partial charge in [0.2, 0.25) is 5.13 Å². The molecule has 1 N–H and O–H groups in total. The van der Waals surface area contributed by atoms with E-state index in [0.717, 1.165) is 5.56 Å². The minimum atomic E-state index is -0.514. The normalized spacial score (nSPS) is 10.4. The van der Waals surface area contributed by atoms with Crippen LogP contribution in [0.15, 0.2) is 52.9 Å². The topological polar surface area (TPSA) is 81.2 Å².